The van der Waals surface area contributed by atoms with Gasteiger partial charge in [-0.05, 0) is 19.9 Å². The van der Waals surface area contributed by atoms with E-state index in [9.17, 15) is 19.7 Å². The van der Waals surface area contributed by atoms with Crippen LogP contribution in [0, 0.1) is 10.1 Å². The molecule has 0 aromatic carbocycles. The minimum Gasteiger partial charge on any atom is -0.384 e. The number of carbonyl (C=O) groups is 2. The van der Waals surface area contributed by atoms with Crippen molar-refractivity contribution in [1.29, 1.82) is 0 Å². The SMILES string of the molecule is CC(C)NC(=O)CNC(=O)c1cc(N)ncc1[N+](=O)[O-]. The van der Waals surface area contributed by atoms with Crippen molar-refractivity contribution in [2.24, 2.45) is 0 Å². The Kier molecular flexibility index (Phi) is 4.95. The molecule has 0 radical (unpaired) electrons. The largest absolute Gasteiger partial charge is 0.384 e. The summed E-state index contributed by atoms with van der Waals surface area (Å²) in [5.41, 5.74) is 4.69. The zero-order valence-corrected chi connectivity index (χ0v) is 11.0. The highest BCUT2D eigenvalue weighted by atomic mass is 16.6. The first-order chi connectivity index (χ1) is 9.31. The van der Waals surface area contributed by atoms with Crippen LogP contribution in [0.2, 0.25) is 0 Å². The highest BCUT2D eigenvalue weighted by molar-refractivity contribution is 6.00. The van der Waals surface area contributed by atoms with Gasteiger partial charge in [0.15, 0.2) is 0 Å². The lowest BCUT2D eigenvalue weighted by Gasteiger charge is -2.09. The third kappa shape index (κ3) is 4.19. The van der Waals surface area contributed by atoms with Gasteiger partial charge >= 0.3 is 0 Å². The molecule has 0 saturated carbocycles. The maximum absolute atomic E-state index is 11.8. The number of nitrogens with two attached hydrogens (primary N) is 1. The first kappa shape index (κ1) is 15.3. The molecule has 0 atom stereocenters. The van der Waals surface area contributed by atoms with Gasteiger partial charge < -0.3 is 16.4 Å². The molecule has 1 aromatic rings. The van der Waals surface area contributed by atoms with Gasteiger partial charge in [0.25, 0.3) is 11.6 Å². The summed E-state index contributed by atoms with van der Waals surface area (Å²) in [4.78, 5) is 36.8. The predicted molar refractivity (Wildman–Crippen MR) is 70.9 cm³/mol. The van der Waals surface area contributed by atoms with Crippen molar-refractivity contribution in [3.8, 4) is 0 Å². The third-order valence-corrected chi connectivity index (χ3v) is 2.20. The number of rotatable bonds is 5. The normalized spacial score (nSPS) is 10.2. The second-order valence-electron chi connectivity index (χ2n) is 4.29. The molecule has 0 aliphatic carbocycles. The highest BCUT2D eigenvalue weighted by Gasteiger charge is 2.21. The zero-order valence-electron chi connectivity index (χ0n) is 11.0. The molecule has 0 aliphatic heterocycles. The van der Waals surface area contributed by atoms with E-state index in [-0.39, 0.29) is 24.0 Å². The molecule has 1 aromatic heterocycles. The molecule has 4 N–H and O–H groups in total. The number of pyridine rings is 1. The number of hydrogen-bond acceptors (Lipinski definition) is 6. The van der Waals surface area contributed by atoms with E-state index in [1.54, 1.807) is 13.8 Å². The predicted octanol–water partition coefficient (Wildman–Crippen LogP) is -0.174. The van der Waals surface area contributed by atoms with Crippen molar-refractivity contribution < 1.29 is 14.5 Å². The van der Waals surface area contributed by atoms with E-state index >= 15 is 0 Å². The Labute approximate surface area is 114 Å². The van der Waals surface area contributed by atoms with Gasteiger partial charge in [0.2, 0.25) is 5.91 Å². The van der Waals surface area contributed by atoms with Gasteiger partial charge in [-0.2, -0.15) is 0 Å². The highest BCUT2D eigenvalue weighted by Crippen LogP contribution is 2.18. The number of aromatic nitrogens is 1. The molecule has 20 heavy (non-hydrogen) atoms. The van der Waals surface area contributed by atoms with Crippen molar-refractivity contribution in [3.05, 3.63) is 27.9 Å². The standard InChI is InChI=1S/C11H15N5O4/c1-6(2)15-10(17)5-14-11(18)7-3-9(12)13-4-8(7)16(19)20/h3-4,6H,5H2,1-2H3,(H2,12,13)(H,14,18)(H,15,17). The summed E-state index contributed by atoms with van der Waals surface area (Å²) in [5.74, 6) is -1.17. The number of hydrogen-bond donors (Lipinski definition) is 3. The van der Waals surface area contributed by atoms with Crippen LogP contribution in [0.1, 0.15) is 24.2 Å². The molecule has 0 aliphatic rings. The number of anilines is 1. The summed E-state index contributed by atoms with van der Waals surface area (Å²) in [6.45, 7) is 3.26. The Bertz CT molecular complexity index is 544. The Hall–Kier alpha value is -2.71. The monoisotopic (exact) mass is 281 g/mol. The van der Waals surface area contributed by atoms with Crippen LogP contribution in [0.25, 0.3) is 0 Å². The lowest BCUT2D eigenvalue weighted by atomic mass is 10.2. The quantitative estimate of drug-likeness (QED) is 0.505. The van der Waals surface area contributed by atoms with Crippen molar-refractivity contribution >= 4 is 23.3 Å². The van der Waals surface area contributed by atoms with E-state index in [2.05, 4.69) is 15.6 Å². The molecular formula is C11H15N5O4. The van der Waals surface area contributed by atoms with Crippen molar-refractivity contribution in [2.45, 2.75) is 19.9 Å². The summed E-state index contributed by atoms with van der Waals surface area (Å²) < 4.78 is 0. The number of carbonyl (C=O) groups excluding carboxylic acids is 2. The average molecular weight is 281 g/mol. The fourth-order valence-corrected chi connectivity index (χ4v) is 1.42. The summed E-state index contributed by atoms with van der Waals surface area (Å²) >= 11 is 0. The van der Waals surface area contributed by atoms with Crippen LogP contribution in [0.5, 0.6) is 0 Å². The lowest BCUT2D eigenvalue weighted by Crippen LogP contribution is -2.40. The van der Waals surface area contributed by atoms with Crippen LogP contribution in [-0.4, -0.2) is 34.3 Å². The number of amides is 2. The molecule has 1 heterocycles. The van der Waals surface area contributed by atoms with Crippen LogP contribution < -0.4 is 16.4 Å². The van der Waals surface area contributed by atoms with E-state index in [0.717, 1.165) is 12.3 Å². The molecule has 0 spiro atoms. The van der Waals surface area contributed by atoms with Crippen molar-refractivity contribution in [3.63, 3.8) is 0 Å². The average Bonchev–Trinajstić information content (AvgIpc) is 2.34. The Balaban J connectivity index is 2.80. The van der Waals surface area contributed by atoms with Crippen LogP contribution in [0.4, 0.5) is 11.5 Å². The van der Waals surface area contributed by atoms with Gasteiger partial charge in [-0.25, -0.2) is 4.98 Å². The summed E-state index contributed by atoms with van der Waals surface area (Å²) in [6.07, 6.45) is 0.901. The smallest absolute Gasteiger partial charge is 0.300 e. The van der Waals surface area contributed by atoms with Gasteiger partial charge in [-0.3, -0.25) is 19.7 Å². The van der Waals surface area contributed by atoms with Crippen LogP contribution in [-0.2, 0) is 4.79 Å². The van der Waals surface area contributed by atoms with E-state index in [0.29, 0.717) is 0 Å². The maximum atomic E-state index is 11.8. The van der Waals surface area contributed by atoms with Gasteiger partial charge in [-0.1, -0.05) is 0 Å². The minimum atomic E-state index is -0.760. The van der Waals surface area contributed by atoms with Crippen LogP contribution in [0.15, 0.2) is 12.3 Å². The number of nitrogens with one attached hydrogen (secondary N) is 2. The van der Waals surface area contributed by atoms with Crippen molar-refractivity contribution in [1.82, 2.24) is 15.6 Å². The molecule has 2 amide bonds. The molecular weight excluding hydrogens is 266 g/mol. The maximum Gasteiger partial charge on any atom is 0.300 e. The Morgan fingerprint density at radius 1 is 1.50 bits per heavy atom. The fraction of sp³-hybridized carbons (Fsp3) is 0.364. The van der Waals surface area contributed by atoms with Crippen molar-refractivity contribution in [2.75, 3.05) is 12.3 Å². The van der Waals surface area contributed by atoms with E-state index in [1.807, 2.05) is 0 Å². The lowest BCUT2D eigenvalue weighted by molar-refractivity contribution is -0.385. The number of nitrogen functional groups attached to an aromatic ring is 1. The second-order valence-corrected chi connectivity index (χ2v) is 4.29. The molecule has 9 nitrogen and oxygen atoms in total. The van der Waals surface area contributed by atoms with Gasteiger partial charge in [0.05, 0.1) is 11.5 Å². The fourth-order valence-electron chi connectivity index (χ4n) is 1.42. The zero-order chi connectivity index (χ0) is 15.3. The van der Waals surface area contributed by atoms with Crippen LogP contribution >= 0.6 is 0 Å². The van der Waals surface area contributed by atoms with Gasteiger partial charge in [0.1, 0.15) is 17.6 Å². The molecule has 1 rings (SSSR count). The first-order valence-corrected chi connectivity index (χ1v) is 5.78. The summed E-state index contributed by atoms with van der Waals surface area (Å²) in [6, 6.07) is 1.03. The molecule has 0 fully saturated rings. The van der Waals surface area contributed by atoms with Crippen LogP contribution in [0.3, 0.4) is 0 Å². The van der Waals surface area contributed by atoms with Gasteiger partial charge in [0, 0.05) is 6.04 Å². The van der Waals surface area contributed by atoms with E-state index in [4.69, 9.17) is 5.73 Å². The third-order valence-electron chi connectivity index (χ3n) is 2.20. The molecule has 0 bridgehead atoms. The van der Waals surface area contributed by atoms with Gasteiger partial charge in [-0.15, -0.1) is 0 Å². The number of nitrogens with zero attached hydrogens (tertiary/aromatic N) is 2. The molecule has 108 valence electrons. The second kappa shape index (κ2) is 6.45. The van der Waals surface area contributed by atoms with E-state index in [1.165, 1.54) is 0 Å². The summed E-state index contributed by atoms with van der Waals surface area (Å²) in [5, 5.41) is 15.6. The number of nitro groups is 1. The molecule has 0 saturated heterocycles. The Morgan fingerprint density at radius 3 is 2.70 bits per heavy atom. The molecule has 0 unspecified atom stereocenters. The first-order valence-electron chi connectivity index (χ1n) is 5.78. The van der Waals surface area contributed by atoms with E-state index < -0.39 is 22.4 Å². The topological polar surface area (TPSA) is 140 Å². The molecule has 9 heteroatoms. The Morgan fingerprint density at radius 2 is 2.15 bits per heavy atom. The minimum absolute atomic E-state index is 0.0209. The summed E-state index contributed by atoms with van der Waals surface area (Å²) in [7, 11) is 0.